The van der Waals surface area contributed by atoms with Crippen molar-refractivity contribution in [1.82, 2.24) is 5.32 Å². The van der Waals surface area contributed by atoms with Gasteiger partial charge < -0.3 is 10.1 Å². The second-order valence-electron chi connectivity index (χ2n) is 4.36. The Bertz CT molecular complexity index is 647. The highest BCUT2D eigenvalue weighted by molar-refractivity contribution is 6.32. The first-order valence-corrected chi connectivity index (χ1v) is 6.90. The molecule has 0 unspecified atom stereocenters. The van der Waals surface area contributed by atoms with Crippen molar-refractivity contribution >= 4 is 17.3 Å². The Morgan fingerprint density at radius 2 is 2.00 bits per heavy atom. The van der Waals surface area contributed by atoms with E-state index in [1.54, 1.807) is 0 Å². The molecule has 0 fully saturated rings. The molecule has 0 spiro atoms. The molecule has 2 rings (SSSR count). The van der Waals surface area contributed by atoms with Crippen molar-refractivity contribution in [2.24, 2.45) is 0 Å². The molecule has 0 saturated heterocycles. The molecule has 2 aromatic carbocycles. The minimum atomic E-state index is -0.491. The molecule has 2 aromatic rings. The number of nitro benzene ring substituents is 1. The summed E-state index contributed by atoms with van der Waals surface area (Å²) in [5.74, 6) is 1.07. The van der Waals surface area contributed by atoms with E-state index in [9.17, 15) is 10.1 Å². The Balaban J connectivity index is 2.24. The number of hydrogen-bond donors (Lipinski definition) is 1. The van der Waals surface area contributed by atoms with E-state index >= 15 is 0 Å². The van der Waals surface area contributed by atoms with E-state index in [0.717, 1.165) is 12.1 Å². The van der Waals surface area contributed by atoms with Gasteiger partial charge in [-0.1, -0.05) is 36.7 Å². The molecule has 0 heterocycles. The number of nitrogens with zero attached hydrogens (tertiary/aromatic N) is 1. The Morgan fingerprint density at radius 1 is 1.24 bits per heavy atom. The SMILES string of the molecule is CCNCc1ccccc1Oc1ccc([N+](=O)[O-])cc1Cl. The van der Waals surface area contributed by atoms with Crippen LogP contribution in [-0.4, -0.2) is 11.5 Å². The van der Waals surface area contributed by atoms with Crippen LogP contribution in [0.4, 0.5) is 5.69 Å². The summed E-state index contributed by atoms with van der Waals surface area (Å²) in [6.07, 6.45) is 0. The number of nitrogens with one attached hydrogen (secondary N) is 1. The maximum atomic E-state index is 10.7. The molecule has 1 N–H and O–H groups in total. The molecule has 6 heteroatoms. The second-order valence-corrected chi connectivity index (χ2v) is 4.77. The van der Waals surface area contributed by atoms with Crippen molar-refractivity contribution in [3.63, 3.8) is 0 Å². The molecule has 0 radical (unpaired) electrons. The molecule has 110 valence electrons. The second kappa shape index (κ2) is 7.06. The third-order valence-electron chi connectivity index (χ3n) is 2.88. The molecule has 0 aliphatic heterocycles. The van der Waals surface area contributed by atoms with Gasteiger partial charge in [-0.25, -0.2) is 0 Å². The predicted octanol–water partition coefficient (Wildman–Crippen LogP) is 4.15. The molecule has 0 aromatic heterocycles. The average Bonchev–Trinajstić information content (AvgIpc) is 2.48. The summed E-state index contributed by atoms with van der Waals surface area (Å²) >= 11 is 6.03. The van der Waals surface area contributed by atoms with E-state index in [1.165, 1.54) is 18.2 Å². The molecule has 0 atom stereocenters. The van der Waals surface area contributed by atoms with Crippen LogP contribution in [-0.2, 0) is 6.54 Å². The van der Waals surface area contributed by atoms with E-state index < -0.39 is 4.92 Å². The third kappa shape index (κ3) is 3.93. The van der Waals surface area contributed by atoms with Crippen molar-refractivity contribution in [3.05, 3.63) is 63.2 Å². The minimum absolute atomic E-state index is 0.0618. The Morgan fingerprint density at radius 3 is 2.67 bits per heavy atom. The Hall–Kier alpha value is -2.11. The Labute approximate surface area is 127 Å². The number of ether oxygens (including phenoxy) is 1. The first-order chi connectivity index (χ1) is 10.1. The molecule has 0 bridgehead atoms. The van der Waals surface area contributed by atoms with Crippen molar-refractivity contribution < 1.29 is 9.66 Å². The summed E-state index contributed by atoms with van der Waals surface area (Å²) in [4.78, 5) is 10.2. The predicted molar refractivity (Wildman–Crippen MR) is 82.0 cm³/mol. The fraction of sp³-hybridized carbons (Fsp3) is 0.200. The number of para-hydroxylation sites is 1. The molecule has 0 amide bonds. The van der Waals surface area contributed by atoms with Gasteiger partial charge in [0, 0.05) is 24.2 Å². The zero-order valence-corrected chi connectivity index (χ0v) is 12.3. The van der Waals surface area contributed by atoms with Crippen molar-refractivity contribution in [1.29, 1.82) is 0 Å². The molecular weight excluding hydrogens is 292 g/mol. The summed E-state index contributed by atoms with van der Waals surface area (Å²) in [6.45, 7) is 3.56. The molecule has 0 aliphatic carbocycles. The average molecular weight is 307 g/mol. The number of halogens is 1. The number of hydrogen-bond acceptors (Lipinski definition) is 4. The number of rotatable bonds is 6. The molecule has 21 heavy (non-hydrogen) atoms. The van der Waals surface area contributed by atoms with Crippen molar-refractivity contribution in [2.45, 2.75) is 13.5 Å². The zero-order valence-electron chi connectivity index (χ0n) is 11.5. The van der Waals surface area contributed by atoms with Gasteiger partial charge in [0.25, 0.3) is 5.69 Å². The normalized spacial score (nSPS) is 10.4. The summed E-state index contributed by atoms with van der Waals surface area (Å²) in [7, 11) is 0. The quantitative estimate of drug-likeness (QED) is 0.643. The largest absolute Gasteiger partial charge is 0.455 e. The highest BCUT2D eigenvalue weighted by Gasteiger charge is 2.12. The third-order valence-corrected chi connectivity index (χ3v) is 3.18. The lowest BCUT2D eigenvalue weighted by Gasteiger charge is -2.12. The van der Waals surface area contributed by atoms with Gasteiger partial charge >= 0.3 is 0 Å². The maximum Gasteiger partial charge on any atom is 0.271 e. The van der Waals surface area contributed by atoms with Crippen LogP contribution in [0.2, 0.25) is 5.02 Å². The highest BCUT2D eigenvalue weighted by Crippen LogP contribution is 2.33. The fourth-order valence-corrected chi connectivity index (χ4v) is 2.03. The summed E-state index contributed by atoms with van der Waals surface area (Å²) in [5.41, 5.74) is 0.932. The van der Waals surface area contributed by atoms with Gasteiger partial charge in [0.2, 0.25) is 0 Å². The van der Waals surface area contributed by atoms with Gasteiger partial charge in [0.05, 0.1) is 9.95 Å². The van der Waals surface area contributed by atoms with Crippen molar-refractivity contribution in [3.8, 4) is 11.5 Å². The van der Waals surface area contributed by atoms with Crippen LogP contribution >= 0.6 is 11.6 Å². The zero-order chi connectivity index (χ0) is 15.2. The molecule has 5 nitrogen and oxygen atoms in total. The van der Waals surface area contributed by atoms with Crippen molar-refractivity contribution in [2.75, 3.05) is 6.54 Å². The van der Waals surface area contributed by atoms with Crippen LogP contribution in [0, 0.1) is 10.1 Å². The lowest BCUT2D eigenvalue weighted by atomic mass is 10.2. The van der Waals surface area contributed by atoms with Crippen LogP contribution < -0.4 is 10.1 Å². The first kappa shape index (κ1) is 15.3. The first-order valence-electron chi connectivity index (χ1n) is 6.52. The van der Waals surface area contributed by atoms with Crippen LogP contribution in [0.25, 0.3) is 0 Å². The molecule has 0 aliphatic rings. The molecule has 0 saturated carbocycles. The lowest BCUT2D eigenvalue weighted by Crippen LogP contribution is -2.12. The maximum absolute atomic E-state index is 10.7. The highest BCUT2D eigenvalue weighted by atomic mass is 35.5. The van der Waals surface area contributed by atoms with Gasteiger partial charge in [-0.2, -0.15) is 0 Å². The standard InChI is InChI=1S/C15H15ClN2O3/c1-2-17-10-11-5-3-4-6-14(11)21-15-8-7-12(18(19)20)9-13(15)16/h3-9,17H,2,10H2,1H3. The fourth-order valence-electron chi connectivity index (χ4n) is 1.81. The van der Waals surface area contributed by atoms with Crippen LogP contribution in [0.1, 0.15) is 12.5 Å². The number of non-ortho nitro benzene ring substituents is 1. The smallest absolute Gasteiger partial charge is 0.271 e. The van der Waals surface area contributed by atoms with Gasteiger partial charge in [-0.15, -0.1) is 0 Å². The lowest BCUT2D eigenvalue weighted by molar-refractivity contribution is -0.384. The van der Waals surface area contributed by atoms with Gasteiger partial charge in [0.15, 0.2) is 0 Å². The van der Waals surface area contributed by atoms with E-state index in [4.69, 9.17) is 16.3 Å². The minimum Gasteiger partial charge on any atom is -0.455 e. The van der Waals surface area contributed by atoms with Crippen LogP contribution in [0.3, 0.4) is 0 Å². The summed E-state index contributed by atoms with van der Waals surface area (Å²) in [6, 6.07) is 11.7. The van der Waals surface area contributed by atoms with E-state index in [1.807, 2.05) is 31.2 Å². The van der Waals surface area contributed by atoms with E-state index in [-0.39, 0.29) is 10.7 Å². The summed E-state index contributed by atoms with van der Waals surface area (Å²) in [5, 5.41) is 14.1. The number of benzene rings is 2. The van der Waals surface area contributed by atoms with Gasteiger partial charge in [-0.3, -0.25) is 10.1 Å². The molecular formula is C15H15ClN2O3. The van der Waals surface area contributed by atoms with Gasteiger partial charge in [0.1, 0.15) is 11.5 Å². The number of nitro groups is 1. The van der Waals surface area contributed by atoms with E-state index in [2.05, 4.69) is 5.32 Å². The topological polar surface area (TPSA) is 64.4 Å². The van der Waals surface area contributed by atoms with Gasteiger partial charge in [-0.05, 0) is 18.7 Å². The van der Waals surface area contributed by atoms with Crippen LogP contribution in [0.15, 0.2) is 42.5 Å². The monoisotopic (exact) mass is 306 g/mol. The van der Waals surface area contributed by atoms with E-state index in [0.29, 0.717) is 18.0 Å². The van der Waals surface area contributed by atoms with Crippen LogP contribution in [0.5, 0.6) is 11.5 Å². The Kier molecular flexibility index (Phi) is 5.14. The summed E-state index contributed by atoms with van der Waals surface area (Å²) < 4.78 is 5.78.